The number of halogens is 2. The van der Waals surface area contributed by atoms with Crippen molar-refractivity contribution in [2.75, 3.05) is 6.54 Å². The second-order valence-electron chi connectivity index (χ2n) is 5.63. The standard InChI is InChI=1S/C19H19BrFNO3/c1-12(23)15-4-3-5-16(11-15)25-13(2)19(24)22-9-8-14-6-7-18(21)17(20)10-14/h3-7,10-11,13H,8-9H2,1-2H3,(H,22,24). The lowest BCUT2D eigenvalue weighted by atomic mass is 10.1. The molecule has 25 heavy (non-hydrogen) atoms. The van der Waals surface area contributed by atoms with Gasteiger partial charge in [0, 0.05) is 12.1 Å². The van der Waals surface area contributed by atoms with E-state index in [4.69, 9.17) is 4.74 Å². The van der Waals surface area contributed by atoms with Gasteiger partial charge in [-0.25, -0.2) is 4.39 Å². The van der Waals surface area contributed by atoms with Gasteiger partial charge in [0.2, 0.25) is 0 Å². The maximum Gasteiger partial charge on any atom is 0.260 e. The van der Waals surface area contributed by atoms with Gasteiger partial charge < -0.3 is 10.1 Å². The van der Waals surface area contributed by atoms with Gasteiger partial charge >= 0.3 is 0 Å². The molecule has 0 fully saturated rings. The fourth-order valence-electron chi connectivity index (χ4n) is 2.21. The molecule has 0 aliphatic rings. The van der Waals surface area contributed by atoms with Crippen molar-refractivity contribution in [3.05, 3.63) is 63.9 Å². The number of amides is 1. The van der Waals surface area contributed by atoms with Crippen molar-refractivity contribution < 1.29 is 18.7 Å². The molecule has 6 heteroatoms. The van der Waals surface area contributed by atoms with Crippen LogP contribution in [-0.4, -0.2) is 24.3 Å². The van der Waals surface area contributed by atoms with Gasteiger partial charge in [0.15, 0.2) is 11.9 Å². The van der Waals surface area contributed by atoms with E-state index in [2.05, 4.69) is 21.2 Å². The summed E-state index contributed by atoms with van der Waals surface area (Å²) in [6.07, 6.45) is -0.112. The molecule has 2 rings (SSSR count). The highest BCUT2D eigenvalue weighted by atomic mass is 79.9. The van der Waals surface area contributed by atoms with E-state index in [0.29, 0.717) is 28.8 Å². The number of carbonyl (C=O) groups excluding carboxylic acids is 2. The minimum Gasteiger partial charge on any atom is -0.481 e. The van der Waals surface area contributed by atoms with Crippen molar-refractivity contribution in [1.29, 1.82) is 0 Å². The first-order valence-electron chi connectivity index (χ1n) is 7.86. The van der Waals surface area contributed by atoms with E-state index in [1.807, 2.05) is 0 Å². The number of hydrogen-bond donors (Lipinski definition) is 1. The van der Waals surface area contributed by atoms with Gasteiger partial charge in [0.1, 0.15) is 11.6 Å². The second kappa shape index (κ2) is 8.76. The zero-order valence-corrected chi connectivity index (χ0v) is 15.6. The Labute approximate surface area is 154 Å². The predicted octanol–water partition coefficient (Wildman–Crippen LogP) is 3.92. The van der Waals surface area contributed by atoms with Crippen molar-refractivity contribution in [2.45, 2.75) is 26.4 Å². The molecule has 1 N–H and O–H groups in total. The molecule has 0 radical (unpaired) electrons. The van der Waals surface area contributed by atoms with Crippen LogP contribution < -0.4 is 10.1 Å². The maximum absolute atomic E-state index is 13.2. The number of carbonyl (C=O) groups is 2. The Morgan fingerprint density at radius 1 is 1.24 bits per heavy atom. The second-order valence-corrected chi connectivity index (χ2v) is 6.49. The van der Waals surface area contributed by atoms with Crippen molar-refractivity contribution in [2.24, 2.45) is 0 Å². The third-order valence-corrected chi connectivity index (χ3v) is 4.23. The number of hydrogen-bond acceptors (Lipinski definition) is 3. The SMILES string of the molecule is CC(=O)c1cccc(OC(C)C(=O)NCCc2ccc(F)c(Br)c2)c1. The molecule has 1 atom stereocenters. The van der Waals surface area contributed by atoms with Gasteiger partial charge in [-0.05, 0) is 66.0 Å². The highest BCUT2D eigenvalue weighted by Gasteiger charge is 2.14. The molecule has 0 saturated carbocycles. The highest BCUT2D eigenvalue weighted by Crippen LogP contribution is 2.17. The first kappa shape index (κ1) is 19.1. The fraction of sp³-hybridized carbons (Fsp3) is 0.263. The van der Waals surface area contributed by atoms with Crippen LogP contribution in [0.1, 0.15) is 29.8 Å². The van der Waals surface area contributed by atoms with Crippen LogP contribution in [0, 0.1) is 5.82 Å². The van der Waals surface area contributed by atoms with Gasteiger partial charge in [-0.1, -0.05) is 18.2 Å². The Morgan fingerprint density at radius 3 is 2.68 bits per heavy atom. The van der Waals surface area contributed by atoms with Gasteiger partial charge in [-0.15, -0.1) is 0 Å². The summed E-state index contributed by atoms with van der Waals surface area (Å²) in [5, 5.41) is 2.78. The largest absolute Gasteiger partial charge is 0.481 e. The van der Waals surface area contributed by atoms with Gasteiger partial charge in [0.05, 0.1) is 4.47 Å². The summed E-state index contributed by atoms with van der Waals surface area (Å²) in [6, 6.07) is 11.5. The summed E-state index contributed by atoms with van der Waals surface area (Å²) in [7, 11) is 0. The maximum atomic E-state index is 13.2. The van der Waals surface area contributed by atoms with Crippen LogP contribution >= 0.6 is 15.9 Å². The highest BCUT2D eigenvalue weighted by molar-refractivity contribution is 9.10. The molecular formula is C19H19BrFNO3. The van der Waals surface area contributed by atoms with E-state index in [1.165, 1.54) is 13.0 Å². The van der Waals surface area contributed by atoms with E-state index < -0.39 is 6.10 Å². The number of Topliss-reactive ketones (excluding diaryl/α,β-unsaturated/α-hetero) is 1. The van der Waals surface area contributed by atoms with Crippen molar-refractivity contribution in [3.63, 3.8) is 0 Å². The summed E-state index contributed by atoms with van der Waals surface area (Å²) in [4.78, 5) is 23.5. The lowest BCUT2D eigenvalue weighted by molar-refractivity contribution is -0.127. The lowest BCUT2D eigenvalue weighted by Crippen LogP contribution is -2.37. The summed E-state index contributed by atoms with van der Waals surface area (Å²) in [5.41, 5.74) is 1.45. The van der Waals surface area contributed by atoms with Gasteiger partial charge in [-0.2, -0.15) is 0 Å². The molecule has 0 bridgehead atoms. The van der Waals surface area contributed by atoms with Crippen molar-refractivity contribution in [1.82, 2.24) is 5.32 Å². The monoisotopic (exact) mass is 407 g/mol. The number of nitrogens with one attached hydrogen (secondary N) is 1. The molecule has 0 heterocycles. The van der Waals surface area contributed by atoms with E-state index >= 15 is 0 Å². The molecule has 2 aromatic carbocycles. The van der Waals surface area contributed by atoms with E-state index in [-0.39, 0.29) is 17.5 Å². The van der Waals surface area contributed by atoms with E-state index in [1.54, 1.807) is 43.3 Å². The van der Waals surface area contributed by atoms with Crippen LogP contribution in [0.4, 0.5) is 4.39 Å². The first-order valence-corrected chi connectivity index (χ1v) is 8.65. The summed E-state index contributed by atoms with van der Waals surface area (Å²) in [6.45, 7) is 3.53. The average molecular weight is 408 g/mol. The smallest absolute Gasteiger partial charge is 0.260 e. The number of ketones is 1. The van der Waals surface area contributed by atoms with Crippen LogP contribution in [0.15, 0.2) is 46.9 Å². The van der Waals surface area contributed by atoms with Crippen LogP contribution in [0.2, 0.25) is 0 Å². The average Bonchev–Trinajstić information content (AvgIpc) is 2.58. The molecule has 2 aromatic rings. The molecule has 0 aliphatic heterocycles. The van der Waals surface area contributed by atoms with Crippen LogP contribution in [0.3, 0.4) is 0 Å². The fourth-order valence-corrected chi connectivity index (χ4v) is 2.64. The third-order valence-electron chi connectivity index (χ3n) is 3.62. The molecular weight excluding hydrogens is 389 g/mol. The third kappa shape index (κ3) is 5.67. The Hall–Kier alpha value is -2.21. The Bertz CT molecular complexity index is 779. The molecule has 1 amide bonds. The van der Waals surface area contributed by atoms with Crippen LogP contribution in [0.25, 0.3) is 0 Å². The lowest BCUT2D eigenvalue weighted by Gasteiger charge is -2.15. The Balaban J connectivity index is 1.84. The predicted molar refractivity (Wildman–Crippen MR) is 97.4 cm³/mol. The zero-order chi connectivity index (χ0) is 18.4. The van der Waals surface area contributed by atoms with Gasteiger partial charge in [-0.3, -0.25) is 9.59 Å². The van der Waals surface area contributed by atoms with Crippen LogP contribution in [-0.2, 0) is 11.2 Å². The number of rotatable bonds is 7. The van der Waals surface area contributed by atoms with E-state index in [9.17, 15) is 14.0 Å². The number of benzene rings is 2. The van der Waals surface area contributed by atoms with E-state index in [0.717, 1.165) is 5.56 Å². The molecule has 0 aromatic heterocycles. The summed E-state index contributed by atoms with van der Waals surface area (Å²) >= 11 is 3.14. The molecule has 1 unspecified atom stereocenters. The minimum absolute atomic E-state index is 0.0620. The number of ether oxygens (including phenoxy) is 1. The zero-order valence-electron chi connectivity index (χ0n) is 14.0. The van der Waals surface area contributed by atoms with Crippen LogP contribution in [0.5, 0.6) is 5.75 Å². The minimum atomic E-state index is -0.692. The first-order chi connectivity index (χ1) is 11.9. The molecule has 0 aliphatic carbocycles. The normalized spacial score (nSPS) is 11.7. The topological polar surface area (TPSA) is 55.4 Å². The summed E-state index contributed by atoms with van der Waals surface area (Å²) < 4.78 is 19.2. The molecule has 132 valence electrons. The molecule has 0 saturated heterocycles. The molecule has 4 nitrogen and oxygen atoms in total. The Morgan fingerprint density at radius 2 is 2.00 bits per heavy atom. The summed E-state index contributed by atoms with van der Waals surface area (Å²) in [5.74, 6) is -0.164. The van der Waals surface area contributed by atoms with Gasteiger partial charge in [0.25, 0.3) is 5.91 Å². The quantitative estimate of drug-likeness (QED) is 0.707. The molecule has 0 spiro atoms. The van der Waals surface area contributed by atoms with Crippen molar-refractivity contribution >= 4 is 27.6 Å². The Kier molecular flexibility index (Phi) is 6.70. The van der Waals surface area contributed by atoms with Crippen molar-refractivity contribution in [3.8, 4) is 5.75 Å².